The van der Waals surface area contributed by atoms with E-state index in [1.807, 2.05) is 48.7 Å². The van der Waals surface area contributed by atoms with Gasteiger partial charge in [0.1, 0.15) is 0 Å². The molecule has 0 radical (unpaired) electrons. The molecule has 0 atom stereocenters. The van der Waals surface area contributed by atoms with Crippen LogP contribution >= 0.6 is 0 Å². The van der Waals surface area contributed by atoms with Crippen molar-refractivity contribution in [2.24, 2.45) is 5.73 Å². The molecule has 0 saturated carbocycles. The van der Waals surface area contributed by atoms with Crippen LogP contribution in [0.2, 0.25) is 0 Å². The van der Waals surface area contributed by atoms with Gasteiger partial charge in [0, 0.05) is 17.4 Å². The van der Waals surface area contributed by atoms with E-state index in [1.54, 1.807) is 0 Å². The maximum absolute atomic E-state index is 10.9. The molecule has 1 heterocycles. The van der Waals surface area contributed by atoms with Crippen molar-refractivity contribution in [3.8, 4) is 11.1 Å². The molecule has 0 aliphatic rings. The van der Waals surface area contributed by atoms with E-state index >= 15 is 0 Å². The van der Waals surface area contributed by atoms with Gasteiger partial charge >= 0.3 is 6.03 Å². The van der Waals surface area contributed by atoms with Gasteiger partial charge in [-0.3, -0.25) is 0 Å². The topological polar surface area (TPSA) is 70.9 Å². The first-order chi connectivity index (χ1) is 9.22. The van der Waals surface area contributed by atoms with E-state index in [4.69, 9.17) is 5.73 Å². The SMILES string of the molecule is NC(=O)Nc1cccc(-c2ccc3[nH]ccc3c2)c1. The van der Waals surface area contributed by atoms with E-state index in [9.17, 15) is 4.79 Å². The molecule has 0 fully saturated rings. The smallest absolute Gasteiger partial charge is 0.316 e. The average molecular weight is 251 g/mol. The Labute approximate surface area is 110 Å². The lowest BCUT2D eigenvalue weighted by atomic mass is 10.0. The van der Waals surface area contributed by atoms with Crippen LogP contribution in [-0.2, 0) is 0 Å². The van der Waals surface area contributed by atoms with Gasteiger partial charge in [0.05, 0.1) is 0 Å². The summed E-state index contributed by atoms with van der Waals surface area (Å²) in [6.45, 7) is 0. The first-order valence-electron chi connectivity index (χ1n) is 5.96. The van der Waals surface area contributed by atoms with E-state index < -0.39 is 6.03 Å². The number of nitrogens with one attached hydrogen (secondary N) is 2. The minimum absolute atomic E-state index is 0.557. The van der Waals surface area contributed by atoms with Crippen molar-refractivity contribution in [1.82, 2.24) is 4.98 Å². The predicted octanol–water partition coefficient (Wildman–Crippen LogP) is 3.33. The minimum Gasteiger partial charge on any atom is -0.361 e. The molecule has 94 valence electrons. The Morgan fingerprint density at radius 3 is 2.74 bits per heavy atom. The summed E-state index contributed by atoms with van der Waals surface area (Å²) < 4.78 is 0. The summed E-state index contributed by atoms with van der Waals surface area (Å²) >= 11 is 0. The highest BCUT2D eigenvalue weighted by molar-refractivity contribution is 5.90. The fourth-order valence-electron chi connectivity index (χ4n) is 2.15. The number of fused-ring (bicyclic) bond motifs is 1. The summed E-state index contributed by atoms with van der Waals surface area (Å²) in [5.74, 6) is 0. The minimum atomic E-state index is -0.557. The highest BCUT2D eigenvalue weighted by Gasteiger charge is 2.02. The number of H-pyrrole nitrogens is 1. The Balaban J connectivity index is 2.02. The number of anilines is 1. The third-order valence-corrected chi connectivity index (χ3v) is 3.02. The van der Waals surface area contributed by atoms with Crippen LogP contribution in [0, 0.1) is 0 Å². The average Bonchev–Trinajstić information content (AvgIpc) is 2.85. The second-order valence-electron chi connectivity index (χ2n) is 4.35. The van der Waals surface area contributed by atoms with E-state index in [1.165, 1.54) is 0 Å². The molecule has 19 heavy (non-hydrogen) atoms. The van der Waals surface area contributed by atoms with E-state index in [2.05, 4.69) is 16.4 Å². The van der Waals surface area contributed by atoms with Crippen LogP contribution in [0.25, 0.3) is 22.0 Å². The third-order valence-electron chi connectivity index (χ3n) is 3.02. The molecule has 4 nitrogen and oxygen atoms in total. The zero-order chi connectivity index (χ0) is 13.2. The number of urea groups is 1. The van der Waals surface area contributed by atoms with Crippen LogP contribution < -0.4 is 11.1 Å². The number of aromatic nitrogens is 1. The van der Waals surface area contributed by atoms with Crippen LogP contribution in [-0.4, -0.2) is 11.0 Å². The maximum atomic E-state index is 10.9. The van der Waals surface area contributed by atoms with Gasteiger partial charge < -0.3 is 16.0 Å². The quantitative estimate of drug-likeness (QED) is 0.642. The molecule has 1 aromatic heterocycles. The van der Waals surface area contributed by atoms with Gasteiger partial charge in [0.25, 0.3) is 0 Å². The van der Waals surface area contributed by atoms with Crippen molar-refractivity contribution in [3.05, 3.63) is 54.7 Å². The molecule has 2 aromatic carbocycles. The van der Waals surface area contributed by atoms with Crippen molar-refractivity contribution in [2.75, 3.05) is 5.32 Å². The highest BCUT2D eigenvalue weighted by Crippen LogP contribution is 2.25. The predicted molar refractivity (Wildman–Crippen MR) is 76.9 cm³/mol. The molecule has 4 heteroatoms. The third kappa shape index (κ3) is 2.28. The van der Waals surface area contributed by atoms with E-state index in [-0.39, 0.29) is 0 Å². The molecule has 0 spiro atoms. The first kappa shape index (κ1) is 11.3. The maximum Gasteiger partial charge on any atom is 0.316 e. The van der Waals surface area contributed by atoms with Gasteiger partial charge in [0.15, 0.2) is 0 Å². The molecular weight excluding hydrogens is 238 g/mol. The number of amides is 2. The highest BCUT2D eigenvalue weighted by atomic mass is 16.2. The van der Waals surface area contributed by atoms with Crippen LogP contribution in [0.4, 0.5) is 10.5 Å². The van der Waals surface area contributed by atoms with Crippen molar-refractivity contribution in [1.29, 1.82) is 0 Å². The Bertz CT molecular complexity index is 746. The molecule has 0 bridgehead atoms. The Kier molecular flexibility index (Phi) is 2.68. The summed E-state index contributed by atoms with van der Waals surface area (Å²) in [6.07, 6.45) is 1.92. The van der Waals surface area contributed by atoms with Crippen LogP contribution in [0.5, 0.6) is 0 Å². The van der Waals surface area contributed by atoms with Gasteiger partial charge in [-0.05, 0) is 46.8 Å². The normalized spacial score (nSPS) is 10.5. The van der Waals surface area contributed by atoms with Crippen LogP contribution in [0.3, 0.4) is 0 Å². The van der Waals surface area contributed by atoms with Gasteiger partial charge in [-0.15, -0.1) is 0 Å². The first-order valence-corrected chi connectivity index (χ1v) is 5.96. The molecule has 3 rings (SSSR count). The Morgan fingerprint density at radius 2 is 1.89 bits per heavy atom. The number of hydrogen-bond donors (Lipinski definition) is 3. The number of hydrogen-bond acceptors (Lipinski definition) is 1. The van der Waals surface area contributed by atoms with Crippen molar-refractivity contribution in [3.63, 3.8) is 0 Å². The molecule has 3 aromatic rings. The summed E-state index contributed by atoms with van der Waals surface area (Å²) in [5, 5.41) is 3.74. The number of rotatable bonds is 2. The Morgan fingerprint density at radius 1 is 1.05 bits per heavy atom. The largest absolute Gasteiger partial charge is 0.361 e. The summed E-state index contributed by atoms with van der Waals surface area (Å²) in [7, 11) is 0. The van der Waals surface area contributed by atoms with Gasteiger partial charge in [0.2, 0.25) is 0 Å². The van der Waals surface area contributed by atoms with E-state index in [0.29, 0.717) is 5.69 Å². The molecule has 0 aliphatic heterocycles. The number of primary amides is 1. The molecule has 4 N–H and O–H groups in total. The summed E-state index contributed by atoms with van der Waals surface area (Å²) in [4.78, 5) is 14.0. The lowest BCUT2D eigenvalue weighted by Gasteiger charge is -2.06. The van der Waals surface area contributed by atoms with Gasteiger partial charge in [-0.1, -0.05) is 18.2 Å². The molecule has 0 saturated heterocycles. The van der Waals surface area contributed by atoms with Crippen LogP contribution in [0.15, 0.2) is 54.7 Å². The second-order valence-corrected chi connectivity index (χ2v) is 4.35. The van der Waals surface area contributed by atoms with Gasteiger partial charge in [-0.2, -0.15) is 0 Å². The van der Waals surface area contributed by atoms with Crippen molar-refractivity contribution in [2.45, 2.75) is 0 Å². The molecule has 0 aliphatic carbocycles. The molecule has 2 amide bonds. The number of carbonyl (C=O) groups is 1. The lowest BCUT2D eigenvalue weighted by molar-refractivity contribution is 0.259. The monoisotopic (exact) mass is 251 g/mol. The number of aromatic amines is 1. The molecule has 0 unspecified atom stereocenters. The van der Waals surface area contributed by atoms with Crippen molar-refractivity contribution >= 4 is 22.6 Å². The zero-order valence-electron chi connectivity index (χ0n) is 10.2. The number of nitrogens with two attached hydrogens (primary N) is 1. The Hall–Kier alpha value is -2.75. The standard InChI is InChI=1S/C15H13N3O/c16-15(19)18-13-3-1-2-10(9-13)11-4-5-14-12(8-11)6-7-17-14/h1-9,17H,(H3,16,18,19). The molecular formula is C15H13N3O. The summed E-state index contributed by atoms with van der Waals surface area (Å²) in [5.41, 5.74) is 9.05. The van der Waals surface area contributed by atoms with Crippen molar-refractivity contribution < 1.29 is 4.79 Å². The fourth-order valence-corrected chi connectivity index (χ4v) is 2.15. The van der Waals surface area contributed by atoms with Gasteiger partial charge in [-0.25, -0.2) is 4.79 Å². The second kappa shape index (κ2) is 4.49. The number of carbonyl (C=O) groups excluding carboxylic acids is 1. The van der Waals surface area contributed by atoms with Crippen LogP contribution in [0.1, 0.15) is 0 Å². The fraction of sp³-hybridized carbons (Fsp3) is 0. The number of benzene rings is 2. The zero-order valence-corrected chi connectivity index (χ0v) is 10.2. The van der Waals surface area contributed by atoms with E-state index in [0.717, 1.165) is 22.0 Å². The summed E-state index contributed by atoms with van der Waals surface area (Å²) in [6, 6.07) is 15.3. The lowest BCUT2D eigenvalue weighted by Crippen LogP contribution is -2.19.